The fourth-order valence-corrected chi connectivity index (χ4v) is 2.79. The number of methoxy groups -OCH3 is 1. The summed E-state index contributed by atoms with van der Waals surface area (Å²) in [6, 6.07) is 0. The molecule has 10 nitrogen and oxygen atoms in total. The van der Waals surface area contributed by atoms with Crippen LogP contribution in [-0.4, -0.2) is 73.1 Å². The highest BCUT2D eigenvalue weighted by Gasteiger charge is 2.39. The summed E-state index contributed by atoms with van der Waals surface area (Å²) in [6.07, 6.45) is 2.62. The van der Waals surface area contributed by atoms with Gasteiger partial charge in [-0.1, -0.05) is 0 Å². The number of amides is 2. The van der Waals surface area contributed by atoms with Gasteiger partial charge >= 0.3 is 0 Å². The van der Waals surface area contributed by atoms with E-state index < -0.39 is 35.1 Å². The molecule has 22 heavy (non-hydrogen) atoms. The van der Waals surface area contributed by atoms with Gasteiger partial charge in [-0.3, -0.25) is 9.59 Å². The van der Waals surface area contributed by atoms with Crippen LogP contribution in [0.4, 0.5) is 5.95 Å². The highest BCUT2D eigenvalue weighted by molar-refractivity contribution is 7.86. The third-order valence-corrected chi connectivity index (χ3v) is 4.79. The number of anilines is 1. The largest absolute Gasteiger partial charge is 0.494 e. The molecule has 1 aromatic rings. The van der Waals surface area contributed by atoms with Gasteiger partial charge in [0.05, 0.1) is 32.6 Å². The highest BCUT2D eigenvalue weighted by atomic mass is 32.2. The number of rotatable bonds is 4. The van der Waals surface area contributed by atoms with E-state index in [1.54, 1.807) is 0 Å². The van der Waals surface area contributed by atoms with Crippen molar-refractivity contribution in [1.82, 2.24) is 18.6 Å². The van der Waals surface area contributed by atoms with Crippen molar-refractivity contribution in [3.63, 3.8) is 0 Å². The number of carbonyl (C=O) groups excluding carboxylic acids is 2. The average Bonchev–Trinajstić information content (AvgIpc) is 2.47. The van der Waals surface area contributed by atoms with E-state index in [0.29, 0.717) is 5.75 Å². The lowest BCUT2D eigenvalue weighted by atomic mass is 10.3. The maximum atomic E-state index is 12.1. The van der Waals surface area contributed by atoms with Crippen molar-refractivity contribution < 1.29 is 22.7 Å². The van der Waals surface area contributed by atoms with Crippen molar-refractivity contribution in [1.29, 1.82) is 0 Å². The zero-order valence-electron chi connectivity index (χ0n) is 12.3. The van der Waals surface area contributed by atoms with Gasteiger partial charge in [0, 0.05) is 14.1 Å². The van der Waals surface area contributed by atoms with E-state index in [1.165, 1.54) is 33.6 Å². The Morgan fingerprint density at radius 3 is 2.05 bits per heavy atom. The molecule has 2 rings (SSSR count). The smallest absolute Gasteiger partial charge is 0.282 e. The molecule has 0 unspecified atom stereocenters. The van der Waals surface area contributed by atoms with Crippen LogP contribution in [0.3, 0.4) is 0 Å². The maximum absolute atomic E-state index is 12.1. The van der Waals surface area contributed by atoms with Crippen molar-refractivity contribution in [2.75, 3.05) is 39.2 Å². The highest BCUT2D eigenvalue weighted by Crippen LogP contribution is 2.17. The summed E-state index contributed by atoms with van der Waals surface area (Å²) in [7, 11) is 0.231. The second kappa shape index (κ2) is 5.94. The first-order chi connectivity index (χ1) is 10.3. The molecule has 0 N–H and O–H groups in total. The van der Waals surface area contributed by atoms with E-state index in [4.69, 9.17) is 4.74 Å². The minimum Gasteiger partial charge on any atom is -0.494 e. The number of aromatic nitrogens is 2. The first kappa shape index (κ1) is 16.3. The number of hydrogen-bond donors (Lipinski definition) is 0. The summed E-state index contributed by atoms with van der Waals surface area (Å²) in [6.45, 7) is -0.913. The molecule has 0 aliphatic carbocycles. The summed E-state index contributed by atoms with van der Waals surface area (Å²) in [4.78, 5) is 32.7. The number of ether oxygens (including phenoxy) is 1. The first-order valence-electron chi connectivity index (χ1n) is 6.16. The van der Waals surface area contributed by atoms with E-state index in [1.807, 2.05) is 0 Å². The monoisotopic (exact) mass is 329 g/mol. The second-order valence-electron chi connectivity index (χ2n) is 4.60. The van der Waals surface area contributed by atoms with Gasteiger partial charge in [0.1, 0.15) is 0 Å². The Hall–Kier alpha value is -2.11. The lowest BCUT2D eigenvalue weighted by molar-refractivity contribution is -0.130. The molecule has 2 amide bonds. The van der Waals surface area contributed by atoms with E-state index in [-0.39, 0.29) is 5.95 Å². The molecule has 0 bridgehead atoms. The fourth-order valence-electron chi connectivity index (χ4n) is 1.79. The van der Waals surface area contributed by atoms with Crippen LogP contribution < -0.4 is 9.64 Å². The molecule has 120 valence electrons. The fraction of sp³-hybridized carbons (Fsp3) is 0.455. The Bertz CT molecular complexity index is 669. The van der Waals surface area contributed by atoms with Crippen molar-refractivity contribution in [3.8, 4) is 5.75 Å². The molecule has 11 heteroatoms. The van der Waals surface area contributed by atoms with Crippen LogP contribution in [0.1, 0.15) is 0 Å². The quantitative estimate of drug-likeness (QED) is 0.616. The van der Waals surface area contributed by atoms with E-state index >= 15 is 0 Å². The van der Waals surface area contributed by atoms with Crippen LogP contribution in [0.2, 0.25) is 0 Å². The maximum Gasteiger partial charge on any atom is 0.282 e. The number of hydrogen-bond acceptors (Lipinski definition) is 7. The predicted octanol–water partition coefficient (Wildman–Crippen LogP) is -1.53. The number of piperazine rings is 1. The summed E-state index contributed by atoms with van der Waals surface area (Å²) in [5.41, 5.74) is 0. The van der Waals surface area contributed by atoms with Crippen molar-refractivity contribution in [2.24, 2.45) is 0 Å². The standard InChI is InChI=1S/C11H15N5O5S/c1-14(2)22(19,20)15-6-9(17)16(10(18)7-15)11-12-4-8(21-3)5-13-11/h4-5H,6-7H2,1-3H3. The zero-order chi connectivity index (χ0) is 16.5. The topological polar surface area (TPSA) is 113 Å². The molecule has 1 fully saturated rings. The van der Waals surface area contributed by atoms with Gasteiger partial charge in [0.2, 0.25) is 5.95 Å². The molecule has 1 aliphatic rings. The molecular formula is C11H15N5O5S. The molecule has 0 radical (unpaired) electrons. The van der Waals surface area contributed by atoms with E-state index in [9.17, 15) is 18.0 Å². The molecule has 0 spiro atoms. The van der Waals surface area contributed by atoms with Gasteiger partial charge in [-0.25, -0.2) is 14.9 Å². The van der Waals surface area contributed by atoms with Gasteiger partial charge in [0.15, 0.2) is 5.75 Å². The number of imide groups is 1. The molecule has 0 aromatic carbocycles. The summed E-state index contributed by atoms with van der Waals surface area (Å²) in [5, 5.41) is 0. The minimum atomic E-state index is -3.84. The molecule has 0 atom stereocenters. The predicted molar refractivity (Wildman–Crippen MR) is 75.3 cm³/mol. The van der Waals surface area contributed by atoms with E-state index in [2.05, 4.69) is 9.97 Å². The molecule has 1 aromatic heterocycles. The molecule has 1 saturated heterocycles. The first-order valence-corrected chi connectivity index (χ1v) is 7.56. The molecular weight excluding hydrogens is 314 g/mol. The molecule has 2 heterocycles. The van der Waals surface area contributed by atoms with Gasteiger partial charge in [-0.15, -0.1) is 0 Å². The van der Waals surface area contributed by atoms with Crippen LogP contribution in [-0.2, 0) is 19.8 Å². The Morgan fingerprint density at radius 2 is 1.64 bits per heavy atom. The van der Waals surface area contributed by atoms with Crippen molar-refractivity contribution in [2.45, 2.75) is 0 Å². The Morgan fingerprint density at radius 1 is 1.14 bits per heavy atom. The van der Waals surface area contributed by atoms with Gasteiger partial charge in [-0.05, 0) is 0 Å². The zero-order valence-corrected chi connectivity index (χ0v) is 13.1. The molecule has 0 saturated carbocycles. The van der Waals surface area contributed by atoms with Crippen molar-refractivity contribution >= 4 is 28.0 Å². The summed E-state index contributed by atoms with van der Waals surface area (Å²) in [5.74, 6) is -1.17. The lowest BCUT2D eigenvalue weighted by Gasteiger charge is -2.32. The Kier molecular flexibility index (Phi) is 4.39. The Labute approximate surface area is 127 Å². The van der Waals surface area contributed by atoms with Crippen LogP contribution in [0, 0.1) is 0 Å². The minimum absolute atomic E-state index is 0.113. The number of carbonyl (C=O) groups is 2. The van der Waals surface area contributed by atoms with Crippen LogP contribution in [0.25, 0.3) is 0 Å². The lowest BCUT2D eigenvalue weighted by Crippen LogP contribution is -2.58. The van der Waals surface area contributed by atoms with E-state index in [0.717, 1.165) is 13.5 Å². The SMILES string of the molecule is COc1cnc(N2C(=O)CN(S(=O)(=O)N(C)C)CC2=O)nc1. The summed E-state index contributed by atoms with van der Waals surface area (Å²) < 4.78 is 30.6. The average molecular weight is 329 g/mol. The third-order valence-electron chi connectivity index (χ3n) is 2.96. The number of nitrogens with zero attached hydrogens (tertiary/aromatic N) is 5. The van der Waals surface area contributed by atoms with Gasteiger partial charge < -0.3 is 4.74 Å². The normalized spacial score (nSPS) is 17.2. The van der Waals surface area contributed by atoms with Gasteiger partial charge in [-0.2, -0.15) is 17.0 Å². The molecule has 1 aliphatic heterocycles. The van der Waals surface area contributed by atoms with Gasteiger partial charge in [0.25, 0.3) is 22.0 Å². The van der Waals surface area contributed by atoms with Crippen molar-refractivity contribution in [3.05, 3.63) is 12.4 Å². The third kappa shape index (κ3) is 2.91. The Balaban J connectivity index is 2.25. The second-order valence-corrected chi connectivity index (χ2v) is 6.75. The van der Waals surface area contributed by atoms with Crippen LogP contribution in [0.15, 0.2) is 12.4 Å². The summed E-state index contributed by atoms with van der Waals surface area (Å²) >= 11 is 0. The van der Waals surface area contributed by atoms with Crippen LogP contribution in [0.5, 0.6) is 5.75 Å². The van der Waals surface area contributed by atoms with Crippen LogP contribution >= 0.6 is 0 Å².